The highest BCUT2D eigenvalue weighted by Crippen LogP contribution is 2.21. The molecule has 1 aromatic rings. The predicted molar refractivity (Wildman–Crippen MR) is 54.0 cm³/mol. The SMILES string of the molecule is CNC(Cc1c(F)cccc1Cl)C(F)F. The highest BCUT2D eigenvalue weighted by molar-refractivity contribution is 6.31. The van der Waals surface area contributed by atoms with E-state index in [4.69, 9.17) is 11.6 Å². The first-order chi connectivity index (χ1) is 7.06. The van der Waals surface area contributed by atoms with Crippen LogP contribution in [0.2, 0.25) is 5.02 Å². The summed E-state index contributed by atoms with van der Waals surface area (Å²) < 4.78 is 38.1. The molecule has 0 aromatic heterocycles. The Hall–Kier alpha value is -0.740. The topological polar surface area (TPSA) is 12.0 Å². The standard InChI is InChI=1S/C10H11ClF3N/c1-15-9(10(13)14)5-6-7(11)3-2-4-8(6)12/h2-4,9-10,15H,5H2,1H3. The molecule has 84 valence electrons. The maximum atomic E-state index is 13.3. The van der Waals surface area contributed by atoms with Gasteiger partial charge in [0.15, 0.2) is 0 Å². The average molecular weight is 238 g/mol. The van der Waals surface area contributed by atoms with Crippen LogP contribution in [0.25, 0.3) is 0 Å². The van der Waals surface area contributed by atoms with Crippen LogP contribution in [0.15, 0.2) is 18.2 Å². The van der Waals surface area contributed by atoms with E-state index >= 15 is 0 Å². The van der Waals surface area contributed by atoms with Gasteiger partial charge in [0.2, 0.25) is 0 Å². The molecular weight excluding hydrogens is 227 g/mol. The molecule has 1 atom stereocenters. The summed E-state index contributed by atoms with van der Waals surface area (Å²) in [6.45, 7) is 0. The van der Waals surface area contributed by atoms with Crippen LogP contribution in [-0.4, -0.2) is 19.5 Å². The van der Waals surface area contributed by atoms with Gasteiger partial charge in [-0.25, -0.2) is 13.2 Å². The summed E-state index contributed by atoms with van der Waals surface area (Å²) in [6, 6.07) is 3.05. The molecule has 15 heavy (non-hydrogen) atoms. The molecule has 0 amide bonds. The normalized spacial score (nSPS) is 13.2. The van der Waals surface area contributed by atoms with Crippen molar-refractivity contribution in [3.05, 3.63) is 34.6 Å². The number of benzene rings is 1. The van der Waals surface area contributed by atoms with E-state index in [2.05, 4.69) is 5.32 Å². The third kappa shape index (κ3) is 3.11. The first kappa shape index (κ1) is 12.3. The van der Waals surface area contributed by atoms with Crippen molar-refractivity contribution in [2.45, 2.75) is 18.9 Å². The summed E-state index contributed by atoms with van der Waals surface area (Å²) in [5.74, 6) is -0.552. The zero-order valence-electron chi connectivity index (χ0n) is 8.11. The molecule has 1 nitrogen and oxygen atoms in total. The summed E-state index contributed by atoms with van der Waals surface area (Å²) >= 11 is 5.72. The largest absolute Gasteiger partial charge is 0.312 e. The van der Waals surface area contributed by atoms with Crippen LogP contribution in [0.3, 0.4) is 0 Å². The van der Waals surface area contributed by atoms with Crippen LogP contribution < -0.4 is 5.32 Å². The highest BCUT2D eigenvalue weighted by Gasteiger charge is 2.21. The van der Waals surface area contributed by atoms with E-state index in [0.717, 1.165) is 0 Å². The van der Waals surface area contributed by atoms with E-state index in [0.29, 0.717) is 0 Å². The lowest BCUT2D eigenvalue weighted by molar-refractivity contribution is 0.102. The van der Waals surface area contributed by atoms with E-state index < -0.39 is 18.3 Å². The van der Waals surface area contributed by atoms with Gasteiger partial charge in [-0.05, 0) is 25.6 Å². The zero-order valence-corrected chi connectivity index (χ0v) is 8.86. The fraction of sp³-hybridized carbons (Fsp3) is 0.400. The van der Waals surface area contributed by atoms with Crippen LogP contribution in [0.1, 0.15) is 5.56 Å². The maximum absolute atomic E-state index is 13.3. The molecule has 0 aliphatic rings. The van der Waals surface area contributed by atoms with Gasteiger partial charge in [-0.3, -0.25) is 0 Å². The van der Waals surface area contributed by atoms with Gasteiger partial charge < -0.3 is 5.32 Å². The minimum atomic E-state index is -2.55. The molecule has 0 saturated heterocycles. The van der Waals surface area contributed by atoms with Gasteiger partial charge in [0.25, 0.3) is 6.43 Å². The fourth-order valence-electron chi connectivity index (χ4n) is 1.26. The third-order valence-corrected chi connectivity index (χ3v) is 2.51. The van der Waals surface area contributed by atoms with Crippen molar-refractivity contribution < 1.29 is 13.2 Å². The molecule has 0 bridgehead atoms. The van der Waals surface area contributed by atoms with Crippen molar-refractivity contribution >= 4 is 11.6 Å². The molecule has 1 rings (SSSR count). The monoisotopic (exact) mass is 237 g/mol. The lowest BCUT2D eigenvalue weighted by atomic mass is 10.1. The first-order valence-corrected chi connectivity index (χ1v) is 4.82. The number of likely N-dealkylation sites (N-methyl/N-ethyl adjacent to an activating group) is 1. The minimum Gasteiger partial charge on any atom is -0.312 e. The molecule has 0 spiro atoms. The van der Waals surface area contributed by atoms with Gasteiger partial charge >= 0.3 is 0 Å². The molecule has 0 saturated carbocycles. The summed E-state index contributed by atoms with van der Waals surface area (Å²) in [7, 11) is 1.41. The Morgan fingerprint density at radius 3 is 2.53 bits per heavy atom. The summed E-state index contributed by atoms with van der Waals surface area (Å²) in [6.07, 6.45) is -2.68. The summed E-state index contributed by atoms with van der Waals surface area (Å²) in [4.78, 5) is 0. The Morgan fingerprint density at radius 2 is 2.07 bits per heavy atom. The van der Waals surface area contributed by atoms with E-state index in [1.807, 2.05) is 0 Å². The molecule has 0 fully saturated rings. The van der Waals surface area contributed by atoms with Crippen LogP contribution in [-0.2, 0) is 6.42 Å². The second-order valence-corrected chi connectivity index (χ2v) is 3.54. The van der Waals surface area contributed by atoms with Crippen LogP contribution in [0.5, 0.6) is 0 Å². The van der Waals surface area contributed by atoms with Crippen molar-refractivity contribution in [1.29, 1.82) is 0 Å². The van der Waals surface area contributed by atoms with Crippen molar-refractivity contribution in [2.24, 2.45) is 0 Å². The molecular formula is C10H11ClF3N. The number of rotatable bonds is 4. The van der Waals surface area contributed by atoms with Gasteiger partial charge in [0, 0.05) is 10.6 Å². The number of nitrogens with one attached hydrogen (secondary N) is 1. The van der Waals surface area contributed by atoms with E-state index in [9.17, 15) is 13.2 Å². The van der Waals surface area contributed by atoms with Crippen molar-refractivity contribution in [1.82, 2.24) is 5.32 Å². The van der Waals surface area contributed by atoms with E-state index in [-0.39, 0.29) is 17.0 Å². The Morgan fingerprint density at radius 1 is 1.40 bits per heavy atom. The first-order valence-electron chi connectivity index (χ1n) is 4.44. The van der Waals surface area contributed by atoms with Crippen molar-refractivity contribution in [3.8, 4) is 0 Å². The fourth-order valence-corrected chi connectivity index (χ4v) is 1.50. The third-order valence-electron chi connectivity index (χ3n) is 2.16. The van der Waals surface area contributed by atoms with Gasteiger partial charge in [0.05, 0.1) is 6.04 Å². The molecule has 0 heterocycles. The number of hydrogen-bond acceptors (Lipinski definition) is 1. The Labute approximate surface area is 91.2 Å². The Kier molecular flexibility index (Phi) is 4.42. The lowest BCUT2D eigenvalue weighted by Gasteiger charge is -2.16. The Bertz CT molecular complexity index is 310. The quantitative estimate of drug-likeness (QED) is 0.849. The molecule has 0 aliphatic carbocycles. The van der Waals surface area contributed by atoms with Crippen LogP contribution in [0.4, 0.5) is 13.2 Å². The minimum absolute atomic E-state index is 0.124. The van der Waals surface area contributed by atoms with Gasteiger partial charge in [-0.2, -0.15) is 0 Å². The highest BCUT2D eigenvalue weighted by atomic mass is 35.5. The molecule has 5 heteroatoms. The summed E-state index contributed by atoms with van der Waals surface area (Å²) in [5.41, 5.74) is 0.124. The van der Waals surface area contributed by atoms with Gasteiger partial charge in [-0.15, -0.1) is 0 Å². The number of halogens is 4. The van der Waals surface area contributed by atoms with E-state index in [1.54, 1.807) is 0 Å². The number of alkyl halides is 2. The van der Waals surface area contributed by atoms with Crippen molar-refractivity contribution in [3.63, 3.8) is 0 Å². The van der Waals surface area contributed by atoms with Crippen molar-refractivity contribution in [2.75, 3.05) is 7.05 Å². The maximum Gasteiger partial charge on any atom is 0.254 e. The number of hydrogen-bond donors (Lipinski definition) is 1. The second-order valence-electron chi connectivity index (χ2n) is 3.13. The Balaban J connectivity index is 2.87. The van der Waals surface area contributed by atoms with Crippen LogP contribution in [0, 0.1) is 5.82 Å². The lowest BCUT2D eigenvalue weighted by Crippen LogP contribution is -2.35. The molecule has 1 unspecified atom stereocenters. The predicted octanol–water partition coefficient (Wildman–Crippen LogP) is 2.87. The van der Waals surface area contributed by atoms with E-state index in [1.165, 1.54) is 25.2 Å². The van der Waals surface area contributed by atoms with Gasteiger partial charge in [0.1, 0.15) is 5.82 Å². The van der Waals surface area contributed by atoms with Gasteiger partial charge in [-0.1, -0.05) is 17.7 Å². The average Bonchev–Trinajstić information content (AvgIpc) is 2.17. The molecule has 0 aliphatic heterocycles. The molecule has 1 aromatic carbocycles. The molecule has 0 radical (unpaired) electrons. The summed E-state index contributed by atoms with van der Waals surface area (Å²) in [5, 5.41) is 2.61. The van der Waals surface area contributed by atoms with Crippen LogP contribution >= 0.6 is 11.6 Å². The smallest absolute Gasteiger partial charge is 0.254 e. The second kappa shape index (κ2) is 5.37. The zero-order chi connectivity index (χ0) is 11.4. The molecule has 1 N–H and O–H groups in total.